The van der Waals surface area contributed by atoms with Gasteiger partial charge < -0.3 is 10.1 Å². The summed E-state index contributed by atoms with van der Waals surface area (Å²) in [7, 11) is 0. The first-order valence-electron chi connectivity index (χ1n) is 7.04. The van der Waals surface area contributed by atoms with Crippen LogP contribution in [0.25, 0.3) is 11.3 Å². The standard InChI is InChI=1S/C16H15ClN4O2S/c1-10(22)23-8-7-19-15-13(9-18)14(20-16(21-15)24-2)11-3-5-12(17)6-4-11/h3-6H,7-8H2,1-2H3,(H,19,20,21). The van der Waals surface area contributed by atoms with Crippen LogP contribution in [0.5, 0.6) is 0 Å². The topological polar surface area (TPSA) is 87.9 Å². The molecule has 0 bridgehead atoms. The highest BCUT2D eigenvalue weighted by Gasteiger charge is 2.15. The molecule has 0 radical (unpaired) electrons. The van der Waals surface area contributed by atoms with Crippen molar-refractivity contribution in [3.05, 3.63) is 34.9 Å². The van der Waals surface area contributed by atoms with Gasteiger partial charge in [0.05, 0.1) is 12.2 Å². The first-order chi connectivity index (χ1) is 11.5. The molecule has 0 unspecified atom stereocenters. The Bertz CT molecular complexity index is 775. The quantitative estimate of drug-likeness (QED) is 0.365. The molecule has 0 aliphatic carbocycles. The lowest BCUT2D eigenvalue weighted by molar-refractivity contribution is -0.140. The normalized spacial score (nSPS) is 10.1. The van der Waals surface area contributed by atoms with Gasteiger partial charge in [-0.2, -0.15) is 5.26 Å². The molecular weight excluding hydrogens is 348 g/mol. The van der Waals surface area contributed by atoms with E-state index in [1.807, 2.05) is 6.26 Å². The smallest absolute Gasteiger partial charge is 0.302 e. The molecule has 2 aromatic rings. The Kier molecular flexibility index (Phi) is 6.41. The van der Waals surface area contributed by atoms with Crippen LogP contribution in [-0.2, 0) is 9.53 Å². The van der Waals surface area contributed by atoms with Crippen molar-refractivity contribution >= 4 is 35.1 Å². The second kappa shape index (κ2) is 8.52. The maximum atomic E-state index is 10.8. The molecule has 0 amide bonds. The van der Waals surface area contributed by atoms with Crippen molar-refractivity contribution in [2.75, 3.05) is 24.7 Å². The van der Waals surface area contributed by atoms with Crippen molar-refractivity contribution in [3.8, 4) is 17.3 Å². The third-order valence-corrected chi connectivity index (χ3v) is 3.80. The Hall–Kier alpha value is -2.30. The number of anilines is 1. The molecule has 1 aromatic heterocycles. The SMILES string of the molecule is CSc1nc(NCCOC(C)=O)c(C#N)c(-c2ccc(Cl)cc2)n1. The van der Waals surface area contributed by atoms with Crippen molar-refractivity contribution in [1.82, 2.24) is 9.97 Å². The molecule has 24 heavy (non-hydrogen) atoms. The highest BCUT2D eigenvalue weighted by molar-refractivity contribution is 7.98. The zero-order valence-electron chi connectivity index (χ0n) is 13.2. The predicted octanol–water partition coefficient (Wildman–Crippen LogP) is 3.37. The molecule has 0 aliphatic heterocycles. The van der Waals surface area contributed by atoms with Crippen LogP contribution in [0.4, 0.5) is 5.82 Å². The Balaban J connectivity index is 2.36. The number of halogens is 1. The highest BCUT2D eigenvalue weighted by Crippen LogP contribution is 2.29. The van der Waals surface area contributed by atoms with E-state index in [2.05, 4.69) is 21.4 Å². The average Bonchev–Trinajstić information content (AvgIpc) is 2.58. The molecule has 0 atom stereocenters. The molecule has 6 nitrogen and oxygen atoms in total. The molecular formula is C16H15ClN4O2S. The van der Waals surface area contributed by atoms with Crippen LogP contribution >= 0.6 is 23.4 Å². The number of carbonyl (C=O) groups is 1. The van der Waals surface area contributed by atoms with E-state index in [4.69, 9.17) is 16.3 Å². The molecule has 0 spiro atoms. The van der Waals surface area contributed by atoms with Crippen molar-refractivity contribution < 1.29 is 9.53 Å². The van der Waals surface area contributed by atoms with Crippen molar-refractivity contribution in [2.24, 2.45) is 0 Å². The maximum Gasteiger partial charge on any atom is 0.302 e. The second-order valence-electron chi connectivity index (χ2n) is 4.67. The minimum absolute atomic E-state index is 0.190. The maximum absolute atomic E-state index is 10.8. The lowest BCUT2D eigenvalue weighted by atomic mass is 10.1. The Morgan fingerprint density at radius 3 is 2.67 bits per heavy atom. The van der Waals surface area contributed by atoms with Crippen molar-refractivity contribution in [2.45, 2.75) is 12.1 Å². The van der Waals surface area contributed by atoms with Crippen LogP contribution in [0.2, 0.25) is 5.02 Å². The zero-order valence-corrected chi connectivity index (χ0v) is 14.7. The first-order valence-corrected chi connectivity index (χ1v) is 8.64. The highest BCUT2D eigenvalue weighted by atomic mass is 35.5. The van der Waals surface area contributed by atoms with E-state index in [9.17, 15) is 10.1 Å². The molecule has 1 heterocycles. The van der Waals surface area contributed by atoms with E-state index in [-0.39, 0.29) is 12.6 Å². The van der Waals surface area contributed by atoms with Crippen LogP contribution in [-0.4, -0.2) is 35.3 Å². The van der Waals surface area contributed by atoms with E-state index in [1.165, 1.54) is 18.7 Å². The molecule has 124 valence electrons. The van der Waals surface area contributed by atoms with Crippen molar-refractivity contribution in [3.63, 3.8) is 0 Å². The summed E-state index contributed by atoms with van der Waals surface area (Å²) in [5.74, 6) is 0.0561. The van der Waals surface area contributed by atoms with Gasteiger partial charge in [0, 0.05) is 17.5 Å². The van der Waals surface area contributed by atoms with Gasteiger partial charge >= 0.3 is 5.97 Å². The number of nitrogens with zero attached hydrogens (tertiary/aromatic N) is 3. The molecule has 1 aromatic carbocycles. The van der Waals surface area contributed by atoms with Gasteiger partial charge in [-0.25, -0.2) is 9.97 Å². The number of thioether (sulfide) groups is 1. The van der Waals surface area contributed by atoms with Crippen LogP contribution in [0.15, 0.2) is 29.4 Å². The lowest BCUT2D eigenvalue weighted by Crippen LogP contribution is -2.14. The third kappa shape index (κ3) is 4.60. The number of nitrogens with one attached hydrogen (secondary N) is 1. The molecule has 8 heteroatoms. The number of benzene rings is 1. The zero-order chi connectivity index (χ0) is 17.5. The number of aromatic nitrogens is 2. The fraction of sp³-hybridized carbons (Fsp3) is 0.250. The van der Waals surface area contributed by atoms with E-state index < -0.39 is 0 Å². The van der Waals surface area contributed by atoms with E-state index in [1.54, 1.807) is 24.3 Å². The second-order valence-corrected chi connectivity index (χ2v) is 5.88. The van der Waals surface area contributed by atoms with E-state index in [0.717, 1.165) is 5.56 Å². The average molecular weight is 363 g/mol. The van der Waals surface area contributed by atoms with Gasteiger partial charge in [0.2, 0.25) is 0 Å². The number of ether oxygens (including phenoxy) is 1. The number of carbonyl (C=O) groups excluding carboxylic acids is 1. The minimum atomic E-state index is -0.355. The number of nitriles is 1. The molecule has 1 N–H and O–H groups in total. The van der Waals surface area contributed by atoms with Gasteiger partial charge in [0.15, 0.2) is 5.16 Å². The Morgan fingerprint density at radius 2 is 2.08 bits per heavy atom. The van der Waals surface area contributed by atoms with Gasteiger partial charge in [0.25, 0.3) is 0 Å². The summed E-state index contributed by atoms with van der Waals surface area (Å²) in [6.45, 7) is 1.88. The summed E-state index contributed by atoms with van der Waals surface area (Å²) >= 11 is 7.29. The largest absolute Gasteiger partial charge is 0.464 e. The fourth-order valence-corrected chi connectivity index (χ4v) is 2.44. The summed E-state index contributed by atoms with van der Waals surface area (Å²) in [5, 5.41) is 13.7. The summed E-state index contributed by atoms with van der Waals surface area (Å²) < 4.78 is 4.87. The summed E-state index contributed by atoms with van der Waals surface area (Å²) in [6, 6.07) is 9.23. The molecule has 0 saturated heterocycles. The molecule has 2 rings (SSSR count). The lowest BCUT2D eigenvalue weighted by Gasteiger charge is -2.12. The first kappa shape index (κ1) is 18.0. The van der Waals surface area contributed by atoms with Gasteiger partial charge in [0.1, 0.15) is 24.1 Å². The van der Waals surface area contributed by atoms with Gasteiger partial charge in [-0.15, -0.1) is 0 Å². The van der Waals surface area contributed by atoms with Gasteiger partial charge in [-0.1, -0.05) is 35.5 Å². The number of esters is 1. The monoisotopic (exact) mass is 362 g/mol. The third-order valence-electron chi connectivity index (χ3n) is 3.00. The molecule has 0 saturated carbocycles. The van der Waals surface area contributed by atoms with Crippen LogP contribution < -0.4 is 5.32 Å². The molecule has 0 aliphatic rings. The van der Waals surface area contributed by atoms with Gasteiger partial charge in [-0.3, -0.25) is 4.79 Å². The summed E-state index contributed by atoms with van der Waals surface area (Å²) in [4.78, 5) is 19.6. The van der Waals surface area contributed by atoms with Gasteiger partial charge in [-0.05, 0) is 18.4 Å². The van der Waals surface area contributed by atoms with E-state index in [0.29, 0.717) is 33.8 Å². The Morgan fingerprint density at radius 1 is 1.38 bits per heavy atom. The molecule has 0 fully saturated rings. The van der Waals surface area contributed by atoms with Crippen molar-refractivity contribution in [1.29, 1.82) is 5.26 Å². The number of hydrogen-bond donors (Lipinski definition) is 1. The van der Waals surface area contributed by atoms with Crippen LogP contribution in [0.1, 0.15) is 12.5 Å². The Labute approximate surface area is 149 Å². The number of hydrogen-bond acceptors (Lipinski definition) is 7. The summed E-state index contributed by atoms with van der Waals surface area (Å²) in [6.07, 6.45) is 1.86. The number of rotatable bonds is 6. The fourth-order valence-electron chi connectivity index (χ4n) is 1.95. The van der Waals surface area contributed by atoms with Crippen LogP contribution in [0.3, 0.4) is 0 Å². The minimum Gasteiger partial charge on any atom is -0.464 e. The predicted molar refractivity (Wildman–Crippen MR) is 94.1 cm³/mol. The van der Waals surface area contributed by atoms with E-state index >= 15 is 0 Å². The van der Waals surface area contributed by atoms with Crippen LogP contribution in [0, 0.1) is 11.3 Å². The summed E-state index contributed by atoms with van der Waals surface area (Å²) in [5.41, 5.74) is 1.64.